The van der Waals surface area contributed by atoms with Crippen molar-refractivity contribution in [1.29, 1.82) is 0 Å². The molecule has 0 spiro atoms. The first-order chi connectivity index (χ1) is 42.5. The number of carbonyl (C=O) groups excluding carboxylic acids is 4. The second kappa shape index (κ2) is 62.5. The molecule has 0 aliphatic rings. The largest absolute Gasteiger partial charge is 0.472 e. The van der Waals surface area contributed by atoms with Gasteiger partial charge in [0.1, 0.15) is 19.3 Å². The van der Waals surface area contributed by atoms with E-state index in [9.17, 15) is 43.2 Å². The molecule has 0 aliphatic carbocycles. The fourth-order valence-electron chi connectivity index (χ4n) is 10.5. The molecule has 0 aromatic rings. The molecule has 0 amide bonds. The maximum atomic E-state index is 13.0. The molecule has 0 bridgehead atoms. The lowest BCUT2D eigenvalue weighted by Gasteiger charge is -2.21. The molecule has 19 heteroatoms. The van der Waals surface area contributed by atoms with E-state index in [2.05, 4.69) is 34.6 Å². The van der Waals surface area contributed by atoms with Gasteiger partial charge >= 0.3 is 39.5 Å². The molecule has 0 saturated heterocycles. The average Bonchev–Trinajstić information content (AvgIpc) is 3.62. The molecule has 0 saturated carbocycles. The van der Waals surface area contributed by atoms with E-state index in [1.54, 1.807) is 0 Å². The third-order valence-electron chi connectivity index (χ3n) is 16.0. The number of phosphoric ester groups is 2. The van der Waals surface area contributed by atoms with Crippen LogP contribution in [0.25, 0.3) is 0 Å². The Morgan fingerprint density at radius 2 is 0.523 bits per heavy atom. The molecule has 2 unspecified atom stereocenters. The van der Waals surface area contributed by atoms with E-state index in [1.165, 1.54) is 167 Å². The van der Waals surface area contributed by atoms with Crippen LogP contribution in [0.2, 0.25) is 0 Å². The first-order valence-electron chi connectivity index (χ1n) is 36.1. The van der Waals surface area contributed by atoms with Gasteiger partial charge in [-0.3, -0.25) is 37.3 Å². The van der Waals surface area contributed by atoms with Crippen LogP contribution in [0.5, 0.6) is 0 Å². The van der Waals surface area contributed by atoms with Gasteiger partial charge in [-0.05, 0) is 31.6 Å². The first kappa shape index (κ1) is 86.1. The van der Waals surface area contributed by atoms with Crippen molar-refractivity contribution in [3.8, 4) is 0 Å². The first-order valence-corrected chi connectivity index (χ1v) is 39.1. The zero-order valence-electron chi connectivity index (χ0n) is 56.9. The Morgan fingerprint density at radius 3 is 0.773 bits per heavy atom. The normalized spacial score (nSPS) is 14.1. The van der Waals surface area contributed by atoms with Gasteiger partial charge in [0.2, 0.25) is 0 Å². The Hall–Kier alpha value is -1.94. The molecule has 0 fully saturated rings. The quantitative estimate of drug-likeness (QED) is 0.0222. The van der Waals surface area contributed by atoms with Gasteiger partial charge in [-0.2, -0.15) is 0 Å². The van der Waals surface area contributed by atoms with Gasteiger partial charge < -0.3 is 33.8 Å². The Labute approximate surface area is 537 Å². The maximum absolute atomic E-state index is 13.0. The monoisotopic (exact) mass is 1300 g/mol. The fourth-order valence-corrected chi connectivity index (χ4v) is 12.0. The summed E-state index contributed by atoms with van der Waals surface area (Å²) in [5, 5.41) is 10.6. The topological polar surface area (TPSA) is 237 Å². The zero-order chi connectivity index (χ0) is 64.9. The van der Waals surface area contributed by atoms with E-state index in [0.29, 0.717) is 31.6 Å². The summed E-state index contributed by atoms with van der Waals surface area (Å²) >= 11 is 0. The lowest BCUT2D eigenvalue weighted by Crippen LogP contribution is -2.30. The summed E-state index contributed by atoms with van der Waals surface area (Å²) in [5.74, 6) is -1.43. The highest BCUT2D eigenvalue weighted by atomic mass is 31.2. The summed E-state index contributed by atoms with van der Waals surface area (Å²) in [6, 6.07) is 0. The van der Waals surface area contributed by atoms with Gasteiger partial charge in [0.25, 0.3) is 0 Å². The van der Waals surface area contributed by atoms with Crippen LogP contribution in [0.4, 0.5) is 0 Å². The number of carbonyl (C=O) groups is 4. The predicted octanol–water partition coefficient (Wildman–Crippen LogP) is 19.7. The molecule has 0 heterocycles. The van der Waals surface area contributed by atoms with Gasteiger partial charge in [-0.15, -0.1) is 0 Å². The predicted molar refractivity (Wildman–Crippen MR) is 354 cm³/mol. The molecule has 0 rings (SSSR count). The number of hydrogen-bond donors (Lipinski definition) is 3. The van der Waals surface area contributed by atoms with Crippen molar-refractivity contribution in [3.63, 3.8) is 0 Å². The molecule has 0 aliphatic heterocycles. The number of aliphatic hydroxyl groups is 1. The zero-order valence-corrected chi connectivity index (χ0v) is 58.6. The van der Waals surface area contributed by atoms with E-state index in [1.807, 2.05) is 0 Å². The standard InChI is InChI=1S/C69H134O17P2/c1-6-9-12-15-18-20-22-24-26-28-30-32-34-39-44-49-54-68(73)85-65(59-80-67(72)53-48-43-38-33-31-29-27-25-23-21-19-16-13-10-7-2)61-84-88(77,78)82-57-63(70)56-81-87(75,76)83-60-64(58-79-66(71)52-47-42-36-17-14-11-8-3)86-69(74)55-50-45-40-35-37-41-46-51-62(4)5/h62-65,70H,6-61H2,1-5H3,(H,75,76)(H,77,78)/t63-,64+,65+/m0/s1. The average molecular weight is 1300 g/mol. The number of phosphoric acid groups is 2. The molecule has 522 valence electrons. The van der Waals surface area contributed by atoms with Crippen LogP contribution in [0.1, 0.15) is 356 Å². The molecule has 0 aromatic carbocycles. The molecule has 5 atom stereocenters. The van der Waals surface area contributed by atoms with Gasteiger partial charge in [0.05, 0.1) is 26.4 Å². The van der Waals surface area contributed by atoms with E-state index >= 15 is 0 Å². The maximum Gasteiger partial charge on any atom is 0.472 e. The van der Waals surface area contributed by atoms with Gasteiger partial charge in [-0.25, -0.2) is 9.13 Å². The summed E-state index contributed by atoms with van der Waals surface area (Å²) < 4.78 is 68.1. The number of esters is 4. The second-order valence-corrected chi connectivity index (χ2v) is 28.3. The van der Waals surface area contributed by atoms with Crippen molar-refractivity contribution in [1.82, 2.24) is 0 Å². The molecule has 3 N–H and O–H groups in total. The third-order valence-corrected chi connectivity index (χ3v) is 17.9. The number of ether oxygens (including phenoxy) is 4. The van der Waals surface area contributed by atoms with Crippen molar-refractivity contribution in [2.75, 3.05) is 39.6 Å². The van der Waals surface area contributed by atoms with Crippen LogP contribution in [0, 0.1) is 5.92 Å². The summed E-state index contributed by atoms with van der Waals surface area (Å²) in [5.41, 5.74) is 0. The van der Waals surface area contributed by atoms with Crippen LogP contribution in [-0.4, -0.2) is 96.7 Å². The van der Waals surface area contributed by atoms with Crippen LogP contribution in [0.15, 0.2) is 0 Å². The Bertz CT molecular complexity index is 1700. The van der Waals surface area contributed by atoms with Crippen LogP contribution in [0.3, 0.4) is 0 Å². The lowest BCUT2D eigenvalue weighted by atomic mass is 10.0. The van der Waals surface area contributed by atoms with Crippen molar-refractivity contribution in [2.45, 2.75) is 374 Å². The number of unbranched alkanes of at least 4 members (excludes halogenated alkanes) is 41. The number of hydrogen-bond acceptors (Lipinski definition) is 15. The fraction of sp³-hybridized carbons (Fsp3) is 0.942. The van der Waals surface area contributed by atoms with Crippen LogP contribution >= 0.6 is 15.6 Å². The minimum Gasteiger partial charge on any atom is -0.462 e. The minimum atomic E-state index is -4.95. The lowest BCUT2D eigenvalue weighted by molar-refractivity contribution is -0.161. The van der Waals surface area contributed by atoms with E-state index in [0.717, 1.165) is 103 Å². The van der Waals surface area contributed by atoms with E-state index < -0.39 is 97.5 Å². The Balaban J connectivity index is 5.20. The Morgan fingerprint density at radius 1 is 0.307 bits per heavy atom. The third kappa shape index (κ3) is 62.8. The summed E-state index contributed by atoms with van der Waals surface area (Å²) in [4.78, 5) is 72.3. The smallest absolute Gasteiger partial charge is 0.462 e. The van der Waals surface area contributed by atoms with Crippen molar-refractivity contribution < 1.29 is 80.2 Å². The van der Waals surface area contributed by atoms with Crippen LogP contribution < -0.4 is 0 Å². The molecule has 0 radical (unpaired) electrons. The van der Waals surface area contributed by atoms with Crippen molar-refractivity contribution in [3.05, 3.63) is 0 Å². The molecular formula is C69H134O17P2. The SMILES string of the molecule is CCCCCCCCCCCCCCCCCCC(=O)O[C@H](COC(=O)CCCCCCCCCCCCCCCCC)COP(=O)(O)OC[C@@H](O)COP(=O)(O)OC[C@@H](COC(=O)CCCCCCCCC)OC(=O)CCCCCCCCCC(C)C. The Kier molecular flexibility index (Phi) is 61.1. The highest BCUT2D eigenvalue weighted by Gasteiger charge is 2.30. The van der Waals surface area contributed by atoms with Gasteiger partial charge in [-0.1, -0.05) is 304 Å². The molecule has 88 heavy (non-hydrogen) atoms. The van der Waals surface area contributed by atoms with Crippen LogP contribution in [-0.2, 0) is 65.4 Å². The van der Waals surface area contributed by atoms with Gasteiger partial charge in [0, 0.05) is 25.7 Å². The highest BCUT2D eigenvalue weighted by molar-refractivity contribution is 7.47. The van der Waals surface area contributed by atoms with Gasteiger partial charge in [0.15, 0.2) is 12.2 Å². The van der Waals surface area contributed by atoms with E-state index in [4.69, 9.17) is 37.0 Å². The van der Waals surface area contributed by atoms with Crippen molar-refractivity contribution in [2.24, 2.45) is 5.92 Å². The highest BCUT2D eigenvalue weighted by Crippen LogP contribution is 2.45. The minimum absolute atomic E-state index is 0.103. The molecule has 17 nitrogen and oxygen atoms in total. The summed E-state index contributed by atoms with van der Waals surface area (Å²) in [6.45, 7) is 7.14. The number of aliphatic hydroxyl groups excluding tert-OH is 1. The summed E-state index contributed by atoms with van der Waals surface area (Å²) in [7, 11) is -9.89. The van der Waals surface area contributed by atoms with Crippen molar-refractivity contribution >= 4 is 39.5 Å². The summed E-state index contributed by atoms with van der Waals surface area (Å²) in [6.07, 6.45) is 48.8. The molecular weight excluding hydrogens is 1160 g/mol. The molecule has 0 aromatic heterocycles. The second-order valence-electron chi connectivity index (χ2n) is 25.4. The van der Waals surface area contributed by atoms with E-state index in [-0.39, 0.29) is 25.7 Å². The number of rotatable bonds is 69.